The second-order valence-corrected chi connectivity index (χ2v) is 10.3. The van der Waals surface area contributed by atoms with Crippen LogP contribution in [0.25, 0.3) is 0 Å². The Morgan fingerprint density at radius 1 is 1.00 bits per heavy atom. The Labute approximate surface area is 227 Å². The summed E-state index contributed by atoms with van der Waals surface area (Å²) in [6.07, 6.45) is 11.9. The largest absolute Gasteiger partial charge is 0.841 e. The molecule has 0 saturated carbocycles. The van der Waals surface area contributed by atoms with Crippen molar-refractivity contribution in [1.82, 2.24) is 20.6 Å². The molecule has 0 radical (unpaired) electrons. The Kier molecular flexibility index (Phi) is 18.5. The van der Waals surface area contributed by atoms with Crippen LogP contribution in [0.4, 0.5) is 0 Å². The molecule has 1 heterocycles. The van der Waals surface area contributed by atoms with Crippen molar-refractivity contribution in [3.63, 3.8) is 0 Å². The molecule has 0 bridgehead atoms. The third-order valence-corrected chi connectivity index (χ3v) is 7.35. The number of unbranched alkanes of at least 4 members (excludes halogenated alkanes) is 3. The molecule has 1 rings (SSSR count). The number of hydrogen-bond acceptors (Lipinski definition) is 8. The minimum absolute atomic E-state index is 0.0145. The summed E-state index contributed by atoms with van der Waals surface area (Å²) in [5.41, 5.74) is 0.788. The highest BCUT2D eigenvalue weighted by Gasteiger charge is 2.19. The smallest absolute Gasteiger partial charge is 0.306 e. The molecular formula is C28H48N4O6-2. The van der Waals surface area contributed by atoms with E-state index in [-0.39, 0.29) is 24.3 Å². The van der Waals surface area contributed by atoms with E-state index in [1.807, 2.05) is 13.8 Å². The molecule has 38 heavy (non-hydrogen) atoms. The van der Waals surface area contributed by atoms with E-state index >= 15 is 0 Å². The second kappa shape index (κ2) is 20.8. The van der Waals surface area contributed by atoms with Crippen molar-refractivity contribution < 1.29 is 29.7 Å². The van der Waals surface area contributed by atoms with E-state index < -0.39 is 24.5 Å². The average Bonchev–Trinajstić information content (AvgIpc) is 3.42. The number of aldehydes is 2. The van der Waals surface area contributed by atoms with Crippen molar-refractivity contribution in [1.29, 1.82) is 0 Å². The zero-order valence-corrected chi connectivity index (χ0v) is 23.1. The lowest BCUT2D eigenvalue weighted by atomic mass is 9.89. The first-order valence-electron chi connectivity index (χ1n) is 14.3. The van der Waals surface area contributed by atoms with E-state index in [2.05, 4.69) is 20.6 Å². The van der Waals surface area contributed by atoms with Gasteiger partial charge in [0.05, 0.1) is 24.8 Å². The van der Waals surface area contributed by atoms with E-state index in [4.69, 9.17) is 0 Å². The Balaban J connectivity index is 2.50. The highest BCUT2D eigenvalue weighted by Crippen LogP contribution is 2.24. The van der Waals surface area contributed by atoms with Gasteiger partial charge >= 0.3 is 5.97 Å². The van der Waals surface area contributed by atoms with Crippen molar-refractivity contribution in [3.05, 3.63) is 18.2 Å². The summed E-state index contributed by atoms with van der Waals surface area (Å²) < 4.78 is 0. The molecule has 0 amide bonds. The first-order valence-corrected chi connectivity index (χ1v) is 14.3. The summed E-state index contributed by atoms with van der Waals surface area (Å²) >= 11 is 0. The van der Waals surface area contributed by atoms with Gasteiger partial charge in [0.1, 0.15) is 12.6 Å². The maximum absolute atomic E-state index is 12.8. The van der Waals surface area contributed by atoms with Gasteiger partial charge in [-0.3, -0.25) is 4.79 Å². The van der Waals surface area contributed by atoms with Gasteiger partial charge in [0.15, 0.2) is 0 Å². The van der Waals surface area contributed by atoms with Crippen molar-refractivity contribution in [2.45, 2.75) is 116 Å². The highest BCUT2D eigenvalue weighted by molar-refractivity contribution is 5.69. The SMILES string of the molecule is CCCCC(CCCCC(CCCCC(CC)C([O-])N[C@@H](C=O)Cc1cnc[nH]1)C([O-])NCC=O)C(=O)O. The standard InChI is InChI=1S/C28H48N4O6/c1-3-5-10-23(28(37)38)14-9-8-13-22(26(35)30-15-16-33)12-7-6-11-21(4-2)27(36)32-25(19-34)17-24-18-29-20-31-24/h16,18-23,25-27,30,32H,3-15,17H2,1-2H3,(H,29,31)(H,37,38)/q-2/t21?,22?,23?,25-,26?,27?/m1/s1. The topological polar surface area (TPSA) is 170 Å². The Morgan fingerprint density at radius 2 is 1.63 bits per heavy atom. The first kappa shape index (κ1) is 33.9. The molecule has 4 N–H and O–H groups in total. The van der Waals surface area contributed by atoms with Crippen LogP contribution < -0.4 is 20.8 Å². The predicted octanol–water partition coefficient (Wildman–Crippen LogP) is 1.92. The Morgan fingerprint density at radius 3 is 2.16 bits per heavy atom. The molecule has 1 aromatic heterocycles. The molecule has 1 aromatic rings. The fourth-order valence-electron chi connectivity index (χ4n) is 4.93. The molecule has 0 saturated heterocycles. The van der Waals surface area contributed by atoms with Gasteiger partial charge in [-0.05, 0) is 24.7 Å². The number of carboxylic acid groups (broad SMARTS) is 1. The van der Waals surface area contributed by atoms with Crippen LogP contribution in [-0.4, -0.2) is 58.7 Å². The number of carbonyl (C=O) groups excluding carboxylic acids is 2. The highest BCUT2D eigenvalue weighted by atomic mass is 16.4. The van der Waals surface area contributed by atoms with Crippen LogP contribution in [0.3, 0.4) is 0 Å². The Bertz CT molecular complexity index is 748. The van der Waals surface area contributed by atoms with Crippen LogP contribution in [0.5, 0.6) is 0 Å². The van der Waals surface area contributed by atoms with Gasteiger partial charge in [-0.2, -0.15) is 0 Å². The molecule has 0 fully saturated rings. The fourth-order valence-corrected chi connectivity index (χ4v) is 4.93. The monoisotopic (exact) mass is 536 g/mol. The van der Waals surface area contributed by atoms with E-state index in [9.17, 15) is 29.7 Å². The fraction of sp³-hybridized carbons (Fsp3) is 0.786. The summed E-state index contributed by atoms with van der Waals surface area (Å²) in [5, 5.41) is 40.6. The zero-order valence-electron chi connectivity index (χ0n) is 23.1. The molecule has 10 nitrogen and oxygen atoms in total. The van der Waals surface area contributed by atoms with Crippen LogP contribution in [0.15, 0.2) is 12.5 Å². The van der Waals surface area contributed by atoms with Gasteiger partial charge in [0.2, 0.25) is 0 Å². The molecule has 0 aliphatic carbocycles. The van der Waals surface area contributed by atoms with Crippen LogP contribution in [0.2, 0.25) is 0 Å². The van der Waals surface area contributed by atoms with Crippen LogP contribution in [-0.2, 0) is 20.8 Å². The summed E-state index contributed by atoms with van der Waals surface area (Å²) in [6.45, 7) is 4.03. The number of nitrogens with one attached hydrogen (secondary N) is 3. The quantitative estimate of drug-likeness (QED) is 0.0828. The number of H-pyrrole nitrogens is 1. The lowest BCUT2D eigenvalue weighted by Crippen LogP contribution is -2.52. The molecule has 6 atom stereocenters. The van der Waals surface area contributed by atoms with Gasteiger partial charge < -0.3 is 40.5 Å². The van der Waals surface area contributed by atoms with Gasteiger partial charge in [0.25, 0.3) is 0 Å². The predicted molar refractivity (Wildman–Crippen MR) is 142 cm³/mol. The summed E-state index contributed by atoms with van der Waals surface area (Å²) in [6, 6.07) is -0.579. The summed E-state index contributed by atoms with van der Waals surface area (Å²) in [5.74, 6) is -1.38. The number of rotatable bonds is 25. The molecule has 0 aliphatic rings. The summed E-state index contributed by atoms with van der Waals surface area (Å²) in [7, 11) is 0. The molecule has 0 aromatic carbocycles. The Hall–Kier alpha value is -2.14. The molecule has 218 valence electrons. The number of aromatic nitrogens is 2. The van der Waals surface area contributed by atoms with Gasteiger partial charge in [-0.25, -0.2) is 4.98 Å². The molecule has 5 unspecified atom stereocenters. The number of hydrogen-bond donors (Lipinski definition) is 4. The van der Waals surface area contributed by atoms with Gasteiger partial charge in [-0.15, -0.1) is 0 Å². The average molecular weight is 537 g/mol. The van der Waals surface area contributed by atoms with Crippen molar-refractivity contribution in [2.75, 3.05) is 6.54 Å². The molecule has 10 heteroatoms. The third-order valence-electron chi connectivity index (χ3n) is 7.35. The lowest BCUT2D eigenvalue weighted by Gasteiger charge is -2.35. The molecule has 0 spiro atoms. The number of carboxylic acids is 1. The number of carbonyl (C=O) groups is 3. The zero-order chi connectivity index (χ0) is 28.2. The van der Waals surface area contributed by atoms with Crippen LogP contribution in [0, 0.1) is 17.8 Å². The van der Waals surface area contributed by atoms with Gasteiger partial charge in [0, 0.05) is 18.3 Å². The minimum atomic E-state index is -1.06. The lowest BCUT2D eigenvalue weighted by molar-refractivity contribution is -0.444. The van der Waals surface area contributed by atoms with Crippen LogP contribution in [0.1, 0.15) is 96.6 Å². The number of nitrogens with zero attached hydrogens (tertiary/aromatic N) is 1. The van der Waals surface area contributed by atoms with Crippen molar-refractivity contribution >= 4 is 18.5 Å². The number of aliphatic carboxylic acids is 1. The second-order valence-electron chi connectivity index (χ2n) is 10.3. The normalized spacial score (nSPS) is 16.3. The first-order chi connectivity index (χ1) is 18.4. The van der Waals surface area contributed by atoms with Crippen LogP contribution >= 0.6 is 0 Å². The van der Waals surface area contributed by atoms with E-state index in [0.29, 0.717) is 51.2 Å². The number of imidazole rings is 1. The number of aromatic amines is 1. The van der Waals surface area contributed by atoms with E-state index in [0.717, 1.165) is 50.5 Å². The van der Waals surface area contributed by atoms with Crippen molar-refractivity contribution in [3.8, 4) is 0 Å². The van der Waals surface area contributed by atoms with Gasteiger partial charge in [-0.1, -0.05) is 90.5 Å². The van der Waals surface area contributed by atoms with E-state index in [1.165, 1.54) is 6.33 Å². The minimum Gasteiger partial charge on any atom is -0.841 e. The molecule has 0 aliphatic heterocycles. The van der Waals surface area contributed by atoms with E-state index in [1.54, 1.807) is 6.20 Å². The van der Waals surface area contributed by atoms with Crippen molar-refractivity contribution in [2.24, 2.45) is 17.8 Å². The third kappa shape index (κ3) is 14.1. The summed E-state index contributed by atoms with van der Waals surface area (Å²) in [4.78, 5) is 40.5. The molecular weight excluding hydrogens is 488 g/mol. The maximum atomic E-state index is 12.8. The maximum Gasteiger partial charge on any atom is 0.306 e.